The van der Waals surface area contributed by atoms with Gasteiger partial charge in [-0.2, -0.15) is 0 Å². The summed E-state index contributed by atoms with van der Waals surface area (Å²) in [7, 11) is -3.48. The van der Waals surface area contributed by atoms with E-state index in [0.29, 0.717) is 17.4 Å². The van der Waals surface area contributed by atoms with E-state index in [1.165, 1.54) is 11.6 Å². The Kier molecular flexibility index (Phi) is 7.84. The second kappa shape index (κ2) is 10.8. The first kappa shape index (κ1) is 23.3. The summed E-state index contributed by atoms with van der Waals surface area (Å²) in [6.45, 7) is 4.33. The molecule has 0 atom stereocenters. The van der Waals surface area contributed by atoms with Crippen LogP contribution < -0.4 is 9.47 Å². The monoisotopic (exact) mass is 450 g/mol. The van der Waals surface area contributed by atoms with Gasteiger partial charge in [0.15, 0.2) is 9.84 Å². The molecule has 0 aliphatic heterocycles. The lowest BCUT2D eigenvalue weighted by molar-refractivity contribution is -0.133. The molecule has 0 aromatic heterocycles. The van der Waals surface area contributed by atoms with Crippen molar-refractivity contribution < 1.29 is 22.7 Å². The Balaban J connectivity index is 1.48. The quantitative estimate of drug-likeness (QED) is 0.326. The standard InChI is InChI=1S/C26H26O5S/c1-20(2)22-11-15-24(16-12-22)31-26(27)19-21-9-13-23(14-10-21)30-17-6-18-32(28,29)25-7-4-3-5-8-25/h3-16,18,20H,17,19H2,1-2H3/b18-6+. The lowest BCUT2D eigenvalue weighted by atomic mass is 10.0. The number of hydrogen-bond acceptors (Lipinski definition) is 5. The fourth-order valence-electron chi connectivity index (χ4n) is 2.96. The van der Waals surface area contributed by atoms with Crippen LogP contribution in [-0.2, 0) is 21.1 Å². The highest BCUT2D eigenvalue weighted by molar-refractivity contribution is 7.94. The minimum Gasteiger partial charge on any atom is -0.490 e. The van der Waals surface area contributed by atoms with Crippen LogP contribution >= 0.6 is 0 Å². The van der Waals surface area contributed by atoms with Crippen molar-refractivity contribution in [2.45, 2.75) is 31.1 Å². The molecule has 0 spiro atoms. The molecule has 3 aromatic carbocycles. The molecule has 0 bridgehead atoms. The summed E-state index contributed by atoms with van der Waals surface area (Å²) in [4.78, 5) is 12.4. The van der Waals surface area contributed by atoms with E-state index in [0.717, 1.165) is 11.0 Å². The topological polar surface area (TPSA) is 69.7 Å². The van der Waals surface area contributed by atoms with Crippen molar-refractivity contribution in [3.8, 4) is 11.5 Å². The second-order valence-electron chi connectivity index (χ2n) is 7.56. The SMILES string of the molecule is CC(C)c1ccc(OC(=O)Cc2ccc(OC/C=C/S(=O)(=O)c3ccccc3)cc2)cc1. The number of hydrogen-bond donors (Lipinski definition) is 0. The van der Waals surface area contributed by atoms with Gasteiger partial charge in [0.05, 0.1) is 11.3 Å². The Hall–Kier alpha value is -3.38. The van der Waals surface area contributed by atoms with E-state index in [1.54, 1.807) is 66.7 Å². The molecule has 0 unspecified atom stereocenters. The Bertz CT molecular complexity index is 1150. The van der Waals surface area contributed by atoms with E-state index in [2.05, 4.69) is 13.8 Å². The summed E-state index contributed by atoms with van der Waals surface area (Å²) in [5.41, 5.74) is 1.98. The summed E-state index contributed by atoms with van der Waals surface area (Å²) in [6.07, 6.45) is 1.60. The summed E-state index contributed by atoms with van der Waals surface area (Å²) in [5, 5.41) is 1.14. The molecule has 3 rings (SSSR count). The van der Waals surface area contributed by atoms with Gasteiger partial charge in [0, 0.05) is 5.41 Å². The Morgan fingerprint density at radius 1 is 0.875 bits per heavy atom. The van der Waals surface area contributed by atoms with Crippen LogP contribution in [0.15, 0.2) is 95.2 Å². The zero-order chi connectivity index (χ0) is 23.0. The average Bonchev–Trinajstić information content (AvgIpc) is 2.79. The largest absolute Gasteiger partial charge is 0.490 e. The number of ether oxygens (including phenoxy) is 2. The van der Waals surface area contributed by atoms with Crippen LogP contribution in [0.25, 0.3) is 0 Å². The van der Waals surface area contributed by atoms with Crippen LogP contribution in [-0.4, -0.2) is 21.0 Å². The highest BCUT2D eigenvalue weighted by Gasteiger charge is 2.09. The van der Waals surface area contributed by atoms with Crippen molar-refractivity contribution in [2.75, 3.05) is 6.61 Å². The Morgan fingerprint density at radius 2 is 1.50 bits per heavy atom. The number of esters is 1. The van der Waals surface area contributed by atoms with Crippen molar-refractivity contribution in [1.82, 2.24) is 0 Å². The van der Waals surface area contributed by atoms with E-state index >= 15 is 0 Å². The lowest BCUT2D eigenvalue weighted by Crippen LogP contribution is -2.11. The molecular formula is C26H26O5S. The van der Waals surface area contributed by atoms with Gasteiger partial charge < -0.3 is 9.47 Å². The van der Waals surface area contributed by atoms with Gasteiger partial charge in [0.2, 0.25) is 0 Å². The molecule has 6 heteroatoms. The highest BCUT2D eigenvalue weighted by atomic mass is 32.2. The summed E-state index contributed by atoms with van der Waals surface area (Å²) in [6, 6.07) is 22.8. The molecule has 5 nitrogen and oxygen atoms in total. The summed E-state index contributed by atoms with van der Waals surface area (Å²) in [5.74, 6) is 1.18. The third-order valence-corrected chi connectivity index (χ3v) is 6.22. The molecule has 3 aromatic rings. The molecule has 0 N–H and O–H groups in total. The number of carbonyl (C=O) groups excluding carboxylic acids is 1. The van der Waals surface area contributed by atoms with Crippen LogP contribution in [0.3, 0.4) is 0 Å². The fourth-order valence-corrected chi connectivity index (χ4v) is 3.98. The van der Waals surface area contributed by atoms with Crippen LogP contribution in [0, 0.1) is 0 Å². The minimum atomic E-state index is -3.48. The molecule has 0 aliphatic rings. The summed E-state index contributed by atoms with van der Waals surface area (Å²) >= 11 is 0. The van der Waals surface area contributed by atoms with Crippen LogP contribution in [0.5, 0.6) is 11.5 Å². The minimum absolute atomic E-state index is 0.111. The zero-order valence-corrected chi connectivity index (χ0v) is 18.9. The first-order valence-electron chi connectivity index (χ1n) is 10.3. The predicted octanol–water partition coefficient (Wildman–Crippen LogP) is 5.32. The maximum absolute atomic E-state index is 12.2. The number of carbonyl (C=O) groups is 1. The smallest absolute Gasteiger partial charge is 0.315 e. The molecule has 0 fully saturated rings. The normalized spacial score (nSPS) is 11.6. The molecule has 166 valence electrons. The molecular weight excluding hydrogens is 424 g/mol. The number of benzene rings is 3. The lowest BCUT2D eigenvalue weighted by Gasteiger charge is -2.08. The molecule has 0 heterocycles. The summed E-state index contributed by atoms with van der Waals surface area (Å²) < 4.78 is 35.3. The molecule has 32 heavy (non-hydrogen) atoms. The first-order valence-corrected chi connectivity index (χ1v) is 11.9. The van der Waals surface area contributed by atoms with Crippen molar-refractivity contribution in [3.63, 3.8) is 0 Å². The van der Waals surface area contributed by atoms with Crippen molar-refractivity contribution >= 4 is 15.8 Å². The van der Waals surface area contributed by atoms with Crippen molar-refractivity contribution in [2.24, 2.45) is 0 Å². The third-order valence-electron chi connectivity index (χ3n) is 4.74. The van der Waals surface area contributed by atoms with Crippen LogP contribution in [0.4, 0.5) is 0 Å². The van der Waals surface area contributed by atoms with E-state index in [4.69, 9.17) is 9.47 Å². The first-order chi connectivity index (χ1) is 15.3. The fraction of sp³-hybridized carbons (Fsp3) is 0.192. The van der Waals surface area contributed by atoms with Crippen LogP contribution in [0.1, 0.15) is 30.9 Å². The molecule has 0 amide bonds. The van der Waals surface area contributed by atoms with Gasteiger partial charge in [0.1, 0.15) is 18.1 Å². The molecule has 0 saturated carbocycles. The number of rotatable bonds is 9. The molecule has 0 aliphatic carbocycles. The van der Waals surface area contributed by atoms with Gasteiger partial charge in [0.25, 0.3) is 0 Å². The third kappa shape index (κ3) is 6.82. The van der Waals surface area contributed by atoms with E-state index < -0.39 is 9.84 Å². The maximum atomic E-state index is 12.2. The Labute approximate surface area is 189 Å². The highest BCUT2D eigenvalue weighted by Crippen LogP contribution is 2.19. The Morgan fingerprint density at radius 3 is 2.12 bits per heavy atom. The van der Waals surface area contributed by atoms with Gasteiger partial charge in [-0.1, -0.05) is 56.3 Å². The second-order valence-corrected chi connectivity index (χ2v) is 9.39. The van der Waals surface area contributed by atoms with Gasteiger partial charge >= 0.3 is 5.97 Å². The van der Waals surface area contributed by atoms with Gasteiger partial charge in [-0.25, -0.2) is 8.42 Å². The molecule has 0 radical (unpaired) electrons. The zero-order valence-electron chi connectivity index (χ0n) is 18.1. The maximum Gasteiger partial charge on any atom is 0.315 e. The van der Waals surface area contributed by atoms with E-state index in [-0.39, 0.29) is 23.9 Å². The van der Waals surface area contributed by atoms with E-state index in [9.17, 15) is 13.2 Å². The average molecular weight is 451 g/mol. The predicted molar refractivity (Wildman–Crippen MR) is 125 cm³/mol. The van der Waals surface area contributed by atoms with Gasteiger partial charge in [-0.05, 0) is 59.5 Å². The molecule has 0 saturated heterocycles. The van der Waals surface area contributed by atoms with Crippen LogP contribution in [0.2, 0.25) is 0 Å². The van der Waals surface area contributed by atoms with Gasteiger partial charge in [-0.15, -0.1) is 0 Å². The van der Waals surface area contributed by atoms with E-state index in [1.807, 2.05) is 12.1 Å². The van der Waals surface area contributed by atoms with Gasteiger partial charge in [-0.3, -0.25) is 4.79 Å². The van der Waals surface area contributed by atoms with Crippen molar-refractivity contribution in [3.05, 3.63) is 101 Å². The van der Waals surface area contributed by atoms with Crippen molar-refractivity contribution in [1.29, 1.82) is 0 Å². The number of sulfone groups is 1.